The maximum Gasteiger partial charge on any atom is 0.337 e. The number of ether oxygens (including phenoxy) is 1. The van der Waals surface area contributed by atoms with Crippen LogP contribution in [0.4, 0.5) is 0 Å². The first-order valence-electron chi connectivity index (χ1n) is 9.18. The zero-order valence-corrected chi connectivity index (χ0v) is 16.9. The molecule has 0 aliphatic carbocycles. The quantitative estimate of drug-likeness (QED) is 0.461. The topological polar surface area (TPSA) is 43.4 Å². The lowest BCUT2D eigenvalue weighted by Gasteiger charge is -2.13. The van der Waals surface area contributed by atoms with Crippen molar-refractivity contribution >= 4 is 16.8 Å². The molecule has 140 valence electrons. The molecule has 0 aromatic heterocycles. The Bertz CT molecular complexity index is 779. The first kappa shape index (κ1) is 20.4. The highest BCUT2D eigenvalue weighted by atomic mass is 32.2. The van der Waals surface area contributed by atoms with Gasteiger partial charge in [-0.05, 0) is 73.7 Å². The number of carbonyl (C=O) groups is 1. The van der Waals surface area contributed by atoms with Gasteiger partial charge in [-0.3, -0.25) is 0 Å². The summed E-state index contributed by atoms with van der Waals surface area (Å²) in [5.74, 6) is -0.384. The largest absolute Gasteiger partial charge is 0.465 e. The molecule has 0 saturated heterocycles. The van der Waals surface area contributed by atoms with Crippen molar-refractivity contribution in [1.29, 1.82) is 0 Å². The van der Waals surface area contributed by atoms with Crippen molar-refractivity contribution in [2.45, 2.75) is 62.7 Å². The van der Waals surface area contributed by atoms with Crippen molar-refractivity contribution in [1.82, 2.24) is 0 Å². The molecule has 3 nitrogen and oxygen atoms in total. The predicted molar refractivity (Wildman–Crippen MR) is 106 cm³/mol. The monoisotopic (exact) mass is 372 g/mol. The molecule has 1 unspecified atom stereocenters. The van der Waals surface area contributed by atoms with Crippen LogP contribution in [0.5, 0.6) is 0 Å². The summed E-state index contributed by atoms with van der Waals surface area (Å²) in [4.78, 5) is 13.2. The Hall–Kier alpha value is -1.94. The highest BCUT2D eigenvalue weighted by Crippen LogP contribution is 2.26. The van der Waals surface area contributed by atoms with E-state index in [0.717, 1.165) is 23.3 Å². The maximum absolute atomic E-state index is 13.2. The van der Waals surface area contributed by atoms with Gasteiger partial charge >= 0.3 is 5.97 Å². The van der Waals surface area contributed by atoms with Crippen LogP contribution in [0.25, 0.3) is 0 Å². The first-order valence-corrected chi connectivity index (χ1v) is 10.3. The summed E-state index contributed by atoms with van der Waals surface area (Å²) >= 11 is 0. The third-order valence-corrected chi connectivity index (χ3v) is 6.15. The minimum Gasteiger partial charge on any atom is -0.465 e. The van der Waals surface area contributed by atoms with E-state index in [2.05, 4.69) is 32.9 Å². The smallest absolute Gasteiger partial charge is 0.337 e. The van der Waals surface area contributed by atoms with Gasteiger partial charge < -0.3 is 4.74 Å². The molecule has 4 heteroatoms. The molecular weight excluding hydrogens is 344 g/mol. The summed E-state index contributed by atoms with van der Waals surface area (Å²) in [6.45, 7) is 6.36. The SMILES string of the molecule is CCCCCCc1cc(C)c(C)cc1S(=O)c1ccc(C(=O)OC)cc1. The second-order valence-electron chi connectivity index (χ2n) is 6.64. The minimum absolute atomic E-state index is 0.384. The predicted octanol–water partition coefficient (Wildman–Crippen LogP) is 5.38. The van der Waals surface area contributed by atoms with Gasteiger partial charge in [-0.25, -0.2) is 9.00 Å². The van der Waals surface area contributed by atoms with Crippen molar-refractivity contribution in [2.24, 2.45) is 0 Å². The normalized spacial score (nSPS) is 12.0. The van der Waals surface area contributed by atoms with Crippen LogP contribution in [0.2, 0.25) is 0 Å². The molecule has 1 atom stereocenters. The molecule has 0 aliphatic rings. The van der Waals surface area contributed by atoms with Gasteiger partial charge in [0, 0.05) is 9.79 Å². The number of carbonyl (C=O) groups excluding carboxylic acids is 1. The summed E-state index contributed by atoms with van der Waals surface area (Å²) in [5, 5.41) is 0. The van der Waals surface area contributed by atoms with Gasteiger partial charge in [0.15, 0.2) is 0 Å². The lowest BCUT2D eigenvalue weighted by Crippen LogP contribution is -2.03. The van der Waals surface area contributed by atoms with Gasteiger partial charge in [-0.1, -0.05) is 32.3 Å². The fourth-order valence-electron chi connectivity index (χ4n) is 2.92. The summed E-state index contributed by atoms with van der Waals surface area (Å²) in [5.41, 5.74) is 4.02. The number of esters is 1. The summed E-state index contributed by atoms with van der Waals surface area (Å²) in [6, 6.07) is 11.1. The Morgan fingerprint density at radius 1 is 1.00 bits per heavy atom. The van der Waals surface area contributed by atoms with E-state index in [1.807, 2.05) is 0 Å². The van der Waals surface area contributed by atoms with Crippen molar-refractivity contribution in [3.8, 4) is 0 Å². The van der Waals surface area contributed by atoms with Crippen LogP contribution in [-0.4, -0.2) is 17.3 Å². The molecule has 2 aromatic carbocycles. The standard InChI is InChI=1S/C22H28O3S/c1-5-6-7-8-9-19-14-16(2)17(3)15-21(19)26(24)20-12-10-18(11-13-20)22(23)25-4/h10-15H,5-9H2,1-4H3. The van der Waals surface area contributed by atoms with Crippen LogP contribution in [0.1, 0.15) is 59.7 Å². The van der Waals surface area contributed by atoms with Crippen molar-refractivity contribution in [2.75, 3.05) is 7.11 Å². The number of unbranched alkanes of at least 4 members (excludes halogenated alkanes) is 3. The maximum atomic E-state index is 13.2. The van der Waals surface area contributed by atoms with Crippen molar-refractivity contribution in [3.63, 3.8) is 0 Å². The van der Waals surface area contributed by atoms with Crippen LogP contribution >= 0.6 is 0 Å². The molecule has 0 bridgehead atoms. The van der Waals surface area contributed by atoms with E-state index >= 15 is 0 Å². The first-order chi connectivity index (χ1) is 12.5. The average molecular weight is 373 g/mol. The lowest BCUT2D eigenvalue weighted by molar-refractivity contribution is 0.0600. The Morgan fingerprint density at radius 3 is 2.27 bits per heavy atom. The van der Waals surface area contributed by atoms with Crippen molar-refractivity contribution < 1.29 is 13.7 Å². The Kier molecular flexibility index (Phi) is 7.58. The fraction of sp³-hybridized carbons (Fsp3) is 0.409. The second-order valence-corrected chi connectivity index (χ2v) is 8.09. The van der Waals surface area contributed by atoms with Gasteiger partial charge in [-0.2, -0.15) is 0 Å². The van der Waals surface area contributed by atoms with E-state index in [4.69, 9.17) is 4.74 Å². The fourth-order valence-corrected chi connectivity index (χ4v) is 4.24. The molecule has 0 heterocycles. The number of hydrogen-bond donors (Lipinski definition) is 0. The van der Waals surface area contributed by atoms with E-state index in [1.54, 1.807) is 24.3 Å². The van der Waals surface area contributed by atoms with Gasteiger partial charge in [0.1, 0.15) is 0 Å². The van der Waals surface area contributed by atoms with Gasteiger partial charge in [0.2, 0.25) is 0 Å². The van der Waals surface area contributed by atoms with Crippen LogP contribution in [0.3, 0.4) is 0 Å². The second kappa shape index (κ2) is 9.67. The zero-order valence-electron chi connectivity index (χ0n) is 16.1. The number of aryl methyl sites for hydroxylation is 3. The van der Waals surface area contributed by atoms with Gasteiger partial charge in [-0.15, -0.1) is 0 Å². The van der Waals surface area contributed by atoms with Crippen molar-refractivity contribution in [3.05, 3.63) is 58.7 Å². The van der Waals surface area contributed by atoms with E-state index in [-0.39, 0.29) is 5.97 Å². The van der Waals surface area contributed by atoms with Crippen LogP contribution in [-0.2, 0) is 22.0 Å². The molecule has 0 spiro atoms. The molecule has 0 aliphatic heterocycles. The molecule has 0 amide bonds. The van der Waals surface area contributed by atoms with E-state index in [9.17, 15) is 9.00 Å². The highest BCUT2D eigenvalue weighted by Gasteiger charge is 2.15. The molecule has 0 fully saturated rings. The van der Waals surface area contributed by atoms with E-state index < -0.39 is 10.8 Å². The van der Waals surface area contributed by atoms with Crippen LogP contribution < -0.4 is 0 Å². The Morgan fingerprint density at radius 2 is 1.65 bits per heavy atom. The lowest BCUT2D eigenvalue weighted by atomic mass is 10.0. The molecular formula is C22H28O3S. The van der Waals surface area contributed by atoms with E-state index in [1.165, 1.54) is 37.5 Å². The minimum atomic E-state index is -1.26. The van der Waals surface area contributed by atoms with Gasteiger partial charge in [0.25, 0.3) is 0 Å². The number of rotatable bonds is 8. The molecule has 2 aromatic rings. The summed E-state index contributed by atoms with van der Waals surface area (Å²) < 4.78 is 17.9. The van der Waals surface area contributed by atoms with E-state index in [0.29, 0.717) is 10.5 Å². The Labute approximate surface area is 159 Å². The average Bonchev–Trinajstić information content (AvgIpc) is 2.66. The molecule has 26 heavy (non-hydrogen) atoms. The molecule has 0 saturated carbocycles. The third-order valence-electron chi connectivity index (χ3n) is 4.67. The van der Waals surface area contributed by atoms with Crippen LogP contribution in [0.15, 0.2) is 46.2 Å². The third kappa shape index (κ3) is 5.04. The number of hydrogen-bond acceptors (Lipinski definition) is 3. The summed E-state index contributed by atoms with van der Waals surface area (Å²) in [6.07, 6.45) is 5.70. The zero-order chi connectivity index (χ0) is 19.1. The molecule has 0 N–H and O–H groups in total. The Balaban J connectivity index is 2.28. The summed E-state index contributed by atoms with van der Waals surface area (Å²) in [7, 11) is 0.0958. The number of benzene rings is 2. The van der Waals surface area contributed by atoms with Gasteiger partial charge in [0.05, 0.1) is 23.5 Å². The highest BCUT2D eigenvalue weighted by molar-refractivity contribution is 7.85. The molecule has 0 radical (unpaired) electrons. The molecule has 2 rings (SSSR count). The number of methoxy groups -OCH3 is 1. The van der Waals surface area contributed by atoms with Crippen LogP contribution in [0, 0.1) is 13.8 Å².